The van der Waals surface area contributed by atoms with Crippen molar-refractivity contribution in [3.8, 4) is 67.3 Å². The van der Waals surface area contributed by atoms with Crippen molar-refractivity contribution in [2.45, 2.75) is 12.3 Å². The van der Waals surface area contributed by atoms with Crippen molar-refractivity contribution in [1.82, 2.24) is 9.97 Å². The zero-order chi connectivity index (χ0) is 37.9. The quantitative estimate of drug-likeness (QED) is 0.171. The summed E-state index contributed by atoms with van der Waals surface area (Å²) >= 11 is 0. The molecule has 0 fully saturated rings. The lowest BCUT2D eigenvalue weighted by Crippen LogP contribution is -2.22. The Balaban J connectivity index is 1.04. The second-order valence-corrected chi connectivity index (χ2v) is 15.1. The summed E-state index contributed by atoms with van der Waals surface area (Å²) in [7, 11) is 0. The van der Waals surface area contributed by atoms with E-state index in [-0.39, 0.29) is 5.41 Å². The lowest BCUT2D eigenvalue weighted by molar-refractivity contribution is 0.669. The number of aromatic nitrogens is 2. The topological polar surface area (TPSA) is 38.9 Å². The first-order valence-corrected chi connectivity index (χ1v) is 19.5. The van der Waals surface area contributed by atoms with E-state index in [1.54, 1.807) is 0 Å². The minimum atomic E-state index is -0.268. The number of rotatable bonds is 6. The number of hydrogen-bond acceptors (Lipinski definition) is 3. The third-order valence-corrected chi connectivity index (χ3v) is 11.8. The van der Waals surface area contributed by atoms with E-state index in [9.17, 15) is 0 Å². The Morgan fingerprint density at radius 1 is 0.368 bits per heavy atom. The lowest BCUT2D eigenvalue weighted by atomic mass is 9.74. The van der Waals surface area contributed by atoms with Gasteiger partial charge in [-0.1, -0.05) is 164 Å². The molecule has 1 aliphatic rings. The largest absolute Gasteiger partial charge is 0.456 e. The fourth-order valence-corrected chi connectivity index (χ4v) is 8.91. The molecule has 0 radical (unpaired) electrons. The molecule has 2 aromatic heterocycles. The maximum atomic E-state index is 6.18. The van der Waals surface area contributed by atoms with E-state index in [2.05, 4.69) is 177 Å². The summed E-state index contributed by atoms with van der Waals surface area (Å²) in [6.45, 7) is 2.37. The van der Waals surface area contributed by atoms with Gasteiger partial charge in [0.2, 0.25) is 0 Å². The van der Waals surface area contributed by atoms with Gasteiger partial charge >= 0.3 is 0 Å². The molecule has 1 atom stereocenters. The van der Waals surface area contributed by atoms with Gasteiger partial charge in [0, 0.05) is 32.9 Å². The lowest BCUT2D eigenvalue weighted by Gasteiger charge is -2.28. The van der Waals surface area contributed by atoms with Gasteiger partial charge in [0.05, 0.1) is 11.4 Å². The van der Waals surface area contributed by atoms with Crippen LogP contribution >= 0.6 is 0 Å². The van der Waals surface area contributed by atoms with E-state index in [0.717, 1.165) is 66.7 Å². The van der Waals surface area contributed by atoms with Gasteiger partial charge in [-0.2, -0.15) is 0 Å². The van der Waals surface area contributed by atoms with Crippen LogP contribution in [0.25, 0.3) is 89.2 Å². The third kappa shape index (κ3) is 5.43. The highest BCUT2D eigenvalue weighted by molar-refractivity contribution is 6.06. The predicted molar refractivity (Wildman–Crippen MR) is 234 cm³/mol. The predicted octanol–water partition coefficient (Wildman–Crippen LogP) is 14.0. The summed E-state index contributed by atoms with van der Waals surface area (Å²) in [4.78, 5) is 10.5. The van der Waals surface area contributed by atoms with Crippen molar-refractivity contribution < 1.29 is 4.42 Å². The Morgan fingerprint density at radius 3 is 1.84 bits per heavy atom. The van der Waals surface area contributed by atoms with E-state index in [1.165, 1.54) is 33.4 Å². The number of para-hydroxylation sites is 1. The summed E-state index contributed by atoms with van der Waals surface area (Å²) in [6, 6.07) is 71.1. The number of furan rings is 1. The maximum Gasteiger partial charge on any atom is 0.160 e. The van der Waals surface area contributed by atoms with E-state index in [1.807, 2.05) is 30.3 Å². The second-order valence-electron chi connectivity index (χ2n) is 15.1. The van der Waals surface area contributed by atoms with Crippen LogP contribution in [0, 0.1) is 0 Å². The number of benzene rings is 8. The Labute approximate surface area is 331 Å². The summed E-state index contributed by atoms with van der Waals surface area (Å²) in [5, 5.41) is 2.21. The monoisotopic (exact) mass is 728 g/mol. The average Bonchev–Trinajstić information content (AvgIpc) is 3.79. The van der Waals surface area contributed by atoms with Crippen LogP contribution in [0.5, 0.6) is 0 Å². The number of fused-ring (bicyclic) bond motifs is 6. The first kappa shape index (κ1) is 33.0. The van der Waals surface area contributed by atoms with Gasteiger partial charge < -0.3 is 4.42 Å². The van der Waals surface area contributed by atoms with Crippen molar-refractivity contribution in [2.24, 2.45) is 0 Å². The van der Waals surface area contributed by atoms with Gasteiger partial charge in [-0.05, 0) is 93.4 Å². The molecule has 1 unspecified atom stereocenters. The van der Waals surface area contributed by atoms with Crippen LogP contribution in [-0.2, 0) is 5.41 Å². The summed E-state index contributed by atoms with van der Waals surface area (Å²) in [6.07, 6.45) is 0. The highest BCUT2D eigenvalue weighted by Gasteiger charge is 2.40. The van der Waals surface area contributed by atoms with Gasteiger partial charge in [0.25, 0.3) is 0 Å². The molecular formula is C54H36N2O. The first-order chi connectivity index (χ1) is 28.1. The summed E-state index contributed by atoms with van der Waals surface area (Å²) < 4.78 is 6.18. The van der Waals surface area contributed by atoms with Gasteiger partial charge in [-0.15, -0.1) is 0 Å². The van der Waals surface area contributed by atoms with Gasteiger partial charge in [-0.3, -0.25) is 0 Å². The molecule has 3 nitrogen and oxygen atoms in total. The molecule has 8 aromatic carbocycles. The van der Waals surface area contributed by atoms with Gasteiger partial charge in [0.15, 0.2) is 5.82 Å². The van der Waals surface area contributed by atoms with Crippen LogP contribution in [0.2, 0.25) is 0 Å². The molecule has 268 valence electrons. The molecule has 57 heavy (non-hydrogen) atoms. The molecule has 0 saturated carbocycles. The second kappa shape index (κ2) is 13.1. The van der Waals surface area contributed by atoms with Crippen LogP contribution in [0.4, 0.5) is 0 Å². The normalized spacial score (nSPS) is 14.5. The van der Waals surface area contributed by atoms with Crippen LogP contribution in [0.15, 0.2) is 205 Å². The average molecular weight is 729 g/mol. The van der Waals surface area contributed by atoms with Crippen molar-refractivity contribution in [1.29, 1.82) is 0 Å². The molecule has 1 aliphatic carbocycles. The molecule has 0 amide bonds. The summed E-state index contributed by atoms with van der Waals surface area (Å²) in [5.74, 6) is 0.688. The number of hydrogen-bond donors (Lipinski definition) is 0. The zero-order valence-electron chi connectivity index (χ0n) is 31.4. The van der Waals surface area contributed by atoms with Crippen molar-refractivity contribution in [2.75, 3.05) is 0 Å². The standard InChI is InChI=1S/C54H36N2O/c1-54(40-19-6-3-7-20-40)47-25-12-10-22-42(47)43-29-27-37(33-48(43)54)36-17-14-18-39(31-36)49-34-50(56-53(55-49)35-15-4-2-5-16-35)44-23-9-8-21-41(44)38-28-30-52-46(32-38)45-24-11-13-26-51(45)57-52/h2-34H,1H3. The van der Waals surface area contributed by atoms with Gasteiger partial charge in [-0.25, -0.2) is 9.97 Å². The molecule has 3 heteroatoms. The molecule has 0 spiro atoms. The highest BCUT2D eigenvalue weighted by atomic mass is 16.3. The van der Waals surface area contributed by atoms with E-state index in [4.69, 9.17) is 14.4 Å². The Morgan fingerprint density at radius 2 is 0.982 bits per heavy atom. The molecule has 0 N–H and O–H groups in total. The molecule has 2 heterocycles. The highest BCUT2D eigenvalue weighted by Crippen LogP contribution is 2.53. The maximum absolute atomic E-state index is 6.18. The summed E-state index contributed by atoms with van der Waals surface area (Å²) in [5.41, 5.74) is 17.4. The fourth-order valence-electron chi connectivity index (χ4n) is 8.91. The van der Waals surface area contributed by atoms with Gasteiger partial charge in [0.1, 0.15) is 11.2 Å². The minimum absolute atomic E-state index is 0.268. The Bertz CT molecular complexity index is 3140. The minimum Gasteiger partial charge on any atom is -0.456 e. The Hall–Kier alpha value is -7.36. The molecule has 0 aliphatic heterocycles. The number of nitrogens with zero attached hydrogens (tertiary/aromatic N) is 2. The van der Waals surface area contributed by atoms with Crippen LogP contribution in [0.1, 0.15) is 23.6 Å². The Kier molecular flexibility index (Phi) is 7.61. The van der Waals surface area contributed by atoms with Crippen LogP contribution in [-0.4, -0.2) is 9.97 Å². The third-order valence-electron chi connectivity index (χ3n) is 11.8. The molecule has 10 aromatic rings. The van der Waals surface area contributed by atoms with E-state index < -0.39 is 0 Å². The van der Waals surface area contributed by atoms with Crippen LogP contribution < -0.4 is 0 Å². The zero-order valence-corrected chi connectivity index (χ0v) is 31.4. The molecule has 0 bridgehead atoms. The first-order valence-electron chi connectivity index (χ1n) is 19.5. The van der Waals surface area contributed by atoms with E-state index >= 15 is 0 Å². The molecular weight excluding hydrogens is 693 g/mol. The van der Waals surface area contributed by atoms with Crippen LogP contribution in [0.3, 0.4) is 0 Å². The fraction of sp³-hybridized carbons (Fsp3) is 0.0370. The van der Waals surface area contributed by atoms with Crippen molar-refractivity contribution >= 4 is 21.9 Å². The smallest absolute Gasteiger partial charge is 0.160 e. The molecule has 0 saturated heterocycles. The molecule has 11 rings (SSSR count). The van der Waals surface area contributed by atoms with E-state index in [0.29, 0.717) is 5.82 Å². The van der Waals surface area contributed by atoms with Crippen molar-refractivity contribution in [3.63, 3.8) is 0 Å². The SMILES string of the molecule is CC1(c2ccccc2)c2ccccc2-c2ccc(-c3cccc(-c4cc(-c5ccccc5-c5ccc6oc7ccccc7c6c5)nc(-c5ccccc5)n4)c3)cc21. The van der Waals surface area contributed by atoms with Crippen molar-refractivity contribution in [3.05, 3.63) is 217 Å².